The summed E-state index contributed by atoms with van der Waals surface area (Å²) in [7, 11) is 0. The Morgan fingerprint density at radius 3 is 2.71 bits per heavy atom. The molecule has 0 spiro atoms. The van der Waals surface area contributed by atoms with Crippen molar-refractivity contribution in [1.29, 1.82) is 0 Å². The van der Waals surface area contributed by atoms with Gasteiger partial charge in [0.1, 0.15) is 12.4 Å². The quantitative estimate of drug-likeness (QED) is 0.893. The highest BCUT2D eigenvalue weighted by Crippen LogP contribution is 2.21. The first-order valence-corrected chi connectivity index (χ1v) is 6.81. The number of aryl methyl sites for hydroxylation is 1. The van der Waals surface area contributed by atoms with Crippen LogP contribution in [-0.4, -0.2) is 40.9 Å². The number of hydrogen-bond donors (Lipinski definition) is 1. The van der Waals surface area contributed by atoms with Gasteiger partial charge in [-0.3, -0.25) is 10.1 Å². The molecule has 0 aliphatic carbocycles. The lowest BCUT2D eigenvalue weighted by molar-refractivity contribution is -0.119. The molecule has 2 aromatic rings. The van der Waals surface area contributed by atoms with Gasteiger partial charge in [0.05, 0.1) is 0 Å². The first-order valence-electron chi connectivity index (χ1n) is 6.81. The van der Waals surface area contributed by atoms with Crippen LogP contribution in [0.5, 0.6) is 0 Å². The Bertz CT molecular complexity index is 623. The average Bonchev–Trinajstić information content (AvgIpc) is 3.05. The molecule has 1 amide bonds. The fourth-order valence-corrected chi connectivity index (χ4v) is 1.86. The van der Waals surface area contributed by atoms with E-state index in [1.54, 1.807) is 17.8 Å². The number of carbonyl (C=O) groups excluding carboxylic acids is 1. The lowest BCUT2D eigenvalue weighted by Gasteiger charge is -2.20. The van der Waals surface area contributed by atoms with E-state index < -0.39 is 6.04 Å². The van der Waals surface area contributed by atoms with Crippen LogP contribution < -0.4 is 5.32 Å². The van der Waals surface area contributed by atoms with Crippen molar-refractivity contribution in [1.82, 2.24) is 35.0 Å². The van der Waals surface area contributed by atoms with Crippen LogP contribution in [-0.2, 0) is 16.8 Å². The predicted molar refractivity (Wildman–Crippen MR) is 75.6 cm³/mol. The second-order valence-corrected chi connectivity index (χ2v) is 5.80. The van der Waals surface area contributed by atoms with Crippen LogP contribution in [0.25, 0.3) is 0 Å². The van der Waals surface area contributed by atoms with Gasteiger partial charge in [0.2, 0.25) is 5.95 Å². The third-order valence-electron chi connectivity index (χ3n) is 3.10. The van der Waals surface area contributed by atoms with E-state index >= 15 is 0 Å². The molecule has 0 aliphatic rings. The molecule has 1 atom stereocenters. The van der Waals surface area contributed by atoms with Crippen LogP contribution >= 0.6 is 0 Å². The Morgan fingerprint density at radius 1 is 1.38 bits per heavy atom. The minimum atomic E-state index is -0.545. The molecule has 9 heteroatoms. The number of amides is 1. The van der Waals surface area contributed by atoms with E-state index in [1.165, 1.54) is 4.68 Å². The number of carbonyl (C=O) groups is 1. The minimum absolute atomic E-state index is 0.240. The van der Waals surface area contributed by atoms with E-state index in [4.69, 9.17) is 0 Å². The molecule has 0 saturated heterocycles. The second kappa shape index (κ2) is 5.58. The first kappa shape index (κ1) is 15.1. The number of nitrogens with one attached hydrogen (secondary N) is 1. The smallest absolute Gasteiger partial charge is 0.251 e. The standard InChI is InChI=1S/C12H20N8O/c1-6-19-7-13-16-11(19)14-9(21)8(2)20-10(12(3,4)5)15-17-18-20/h7-8H,6H2,1-5H3,(H,14,16,21)/t8-/m0/s1. The Morgan fingerprint density at radius 2 is 2.10 bits per heavy atom. The molecular weight excluding hydrogens is 272 g/mol. The van der Waals surface area contributed by atoms with Gasteiger partial charge in [-0.05, 0) is 24.3 Å². The lowest BCUT2D eigenvalue weighted by Crippen LogP contribution is -2.30. The maximum Gasteiger partial charge on any atom is 0.251 e. The van der Waals surface area contributed by atoms with Gasteiger partial charge in [0.25, 0.3) is 5.91 Å². The third kappa shape index (κ3) is 3.06. The lowest BCUT2D eigenvalue weighted by atomic mass is 9.95. The van der Waals surface area contributed by atoms with Crippen LogP contribution in [0, 0.1) is 0 Å². The fourth-order valence-electron chi connectivity index (χ4n) is 1.86. The Labute approximate surface area is 122 Å². The van der Waals surface area contributed by atoms with Crippen molar-refractivity contribution in [3.63, 3.8) is 0 Å². The average molecular weight is 292 g/mol. The van der Waals surface area contributed by atoms with Crippen LogP contribution in [0.4, 0.5) is 5.95 Å². The van der Waals surface area contributed by atoms with Gasteiger partial charge in [-0.15, -0.1) is 15.3 Å². The van der Waals surface area contributed by atoms with Crippen molar-refractivity contribution in [2.45, 2.75) is 52.6 Å². The highest BCUT2D eigenvalue weighted by molar-refractivity contribution is 5.91. The SMILES string of the molecule is CCn1cnnc1NC(=O)[C@H](C)n1nnnc1C(C)(C)C. The van der Waals surface area contributed by atoms with Crippen molar-refractivity contribution in [2.75, 3.05) is 5.32 Å². The molecular formula is C12H20N8O. The maximum absolute atomic E-state index is 12.3. The second-order valence-electron chi connectivity index (χ2n) is 5.80. The van der Waals surface area contributed by atoms with Crippen LogP contribution in [0.3, 0.4) is 0 Å². The summed E-state index contributed by atoms with van der Waals surface area (Å²) in [6.45, 7) is 10.3. The van der Waals surface area contributed by atoms with E-state index in [0.717, 1.165) is 0 Å². The number of tetrazole rings is 1. The summed E-state index contributed by atoms with van der Waals surface area (Å²) in [4.78, 5) is 12.3. The molecule has 114 valence electrons. The summed E-state index contributed by atoms with van der Waals surface area (Å²) in [5, 5.41) is 22.0. The van der Waals surface area contributed by atoms with Gasteiger partial charge in [0.15, 0.2) is 5.82 Å². The summed E-state index contributed by atoms with van der Waals surface area (Å²) < 4.78 is 3.27. The molecule has 2 aromatic heterocycles. The molecule has 0 bridgehead atoms. The van der Waals surface area contributed by atoms with Crippen LogP contribution in [0.1, 0.15) is 46.5 Å². The highest BCUT2D eigenvalue weighted by Gasteiger charge is 2.28. The number of nitrogens with zero attached hydrogens (tertiary/aromatic N) is 7. The van der Waals surface area contributed by atoms with Gasteiger partial charge in [-0.25, -0.2) is 4.68 Å². The third-order valence-corrected chi connectivity index (χ3v) is 3.10. The maximum atomic E-state index is 12.3. The zero-order valence-electron chi connectivity index (χ0n) is 12.9. The monoisotopic (exact) mass is 292 g/mol. The normalized spacial score (nSPS) is 13.2. The summed E-state index contributed by atoms with van der Waals surface area (Å²) in [5.41, 5.74) is -0.249. The van der Waals surface area contributed by atoms with E-state index in [9.17, 15) is 4.79 Å². The Hall–Kier alpha value is -2.32. The van der Waals surface area contributed by atoms with Gasteiger partial charge < -0.3 is 4.57 Å². The van der Waals surface area contributed by atoms with Gasteiger partial charge in [-0.2, -0.15) is 0 Å². The first-order chi connectivity index (χ1) is 9.84. The number of hydrogen-bond acceptors (Lipinski definition) is 6. The highest BCUT2D eigenvalue weighted by atomic mass is 16.2. The van der Waals surface area contributed by atoms with Crippen molar-refractivity contribution in [3.8, 4) is 0 Å². The van der Waals surface area contributed by atoms with Crippen LogP contribution in [0.15, 0.2) is 6.33 Å². The number of anilines is 1. The zero-order valence-corrected chi connectivity index (χ0v) is 12.9. The summed E-state index contributed by atoms with van der Waals surface area (Å²) in [5.74, 6) is 0.831. The largest absolute Gasteiger partial charge is 0.300 e. The van der Waals surface area contributed by atoms with Gasteiger partial charge >= 0.3 is 0 Å². The van der Waals surface area contributed by atoms with E-state index in [1.807, 2.05) is 27.7 Å². The molecule has 9 nitrogen and oxygen atoms in total. The van der Waals surface area contributed by atoms with Gasteiger partial charge in [-0.1, -0.05) is 20.8 Å². The minimum Gasteiger partial charge on any atom is -0.300 e. The molecule has 0 fully saturated rings. The summed E-state index contributed by atoms with van der Waals surface area (Å²) in [6, 6.07) is -0.545. The molecule has 2 heterocycles. The number of aromatic nitrogens is 7. The molecule has 0 aromatic carbocycles. The molecule has 2 rings (SSSR count). The van der Waals surface area contributed by atoms with E-state index in [-0.39, 0.29) is 11.3 Å². The molecule has 1 N–H and O–H groups in total. The topological polar surface area (TPSA) is 103 Å². The Balaban J connectivity index is 2.19. The summed E-state index contributed by atoms with van der Waals surface area (Å²) >= 11 is 0. The van der Waals surface area contributed by atoms with E-state index in [2.05, 4.69) is 31.0 Å². The fraction of sp³-hybridized carbons (Fsp3) is 0.667. The molecule has 0 radical (unpaired) electrons. The molecule has 0 unspecified atom stereocenters. The van der Waals surface area contributed by atoms with Crippen molar-refractivity contribution < 1.29 is 4.79 Å². The number of rotatable bonds is 4. The zero-order chi connectivity index (χ0) is 15.6. The van der Waals surface area contributed by atoms with Crippen LogP contribution in [0.2, 0.25) is 0 Å². The van der Waals surface area contributed by atoms with Crippen molar-refractivity contribution >= 4 is 11.9 Å². The molecule has 0 aliphatic heterocycles. The van der Waals surface area contributed by atoms with Crippen molar-refractivity contribution in [3.05, 3.63) is 12.2 Å². The summed E-state index contributed by atoms with van der Waals surface area (Å²) in [6.07, 6.45) is 1.57. The molecule has 0 saturated carbocycles. The predicted octanol–water partition coefficient (Wildman–Crippen LogP) is 0.782. The molecule has 21 heavy (non-hydrogen) atoms. The Kier molecular flexibility index (Phi) is 4.01. The van der Waals surface area contributed by atoms with E-state index in [0.29, 0.717) is 18.3 Å². The van der Waals surface area contributed by atoms with Gasteiger partial charge in [0, 0.05) is 12.0 Å². The van der Waals surface area contributed by atoms with Crippen molar-refractivity contribution in [2.24, 2.45) is 0 Å².